The molecule has 1 atom stereocenters. The predicted molar refractivity (Wildman–Crippen MR) is 60.7 cm³/mol. The lowest BCUT2D eigenvalue weighted by molar-refractivity contribution is 0.411. The van der Waals surface area contributed by atoms with Gasteiger partial charge in [-0.25, -0.2) is 4.79 Å². The molecule has 3 heteroatoms. The van der Waals surface area contributed by atoms with Gasteiger partial charge in [0, 0.05) is 6.07 Å². The fraction of sp³-hybridized carbons (Fsp3) is 0.417. The highest BCUT2D eigenvalue weighted by atomic mass is 16.4. The second-order valence-electron chi connectivity index (χ2n) is 3.58. The number of rotatable bonds is 5. The number of hydrogen-bond acceptors (Lipinski definition) is 3. The molecular weight excluding hydrogens is 190 g/mol. The lowest BCUT2D eigenvalue weighted by Gasteiger charge is -2.09. The highest BCUT2D eigenvalue weighted by molar-refractivity contribution is 5.18. The fourth-order valence-corrected chi connectivity index (χ4v) is 1.47. The molecule has 1 aromatic heterocycles. The van der Waals surface area contributed by atoms with Crippen molar-refractivity contribution in [2.45, 2.75) is 32.2 Å². The van der Waals surface area contributed by atoms with Crippen LogP contribution in [0.3, 0.4) is 0 Å². The van der Waals surface area contributed by atoms with Gasteiger partial charge in [-0.1, -0.05) is 19.4 Å². The van der Waals surface area contributed by atoms with Crippen molar-refractivity contribution in [3.05, 3.63) is 46.5 Å². The summed E-state index contributed by atoms with van der Waals surface area (Å²) in [6.45, 7) is 5.68. The van der Waals surface area contributed by atoms with Gasteiger partial charge in [-0.2, -0.15) is 0 Å². The summed E-state index contributed by atoms with van der Waals surface area (Å²) in [6.07, 6.45) is 4.21. The zero-order chi connectivity index (χ0) is 11.3. The first-order valence-electron chi connectivity index (χ1n) is 5.17. The van der Waals surface area contributed by atoms with E-state index in [9.17, 15) is 4.79 Å². The minimum atomic E-state index is -0.337. The SMILES string of the molecule is C=CCc1cc(C(N)CCC)oc(=O)c1. The Morgan fingerprint density at radius 1 is 1.60 bits per heavy atom. The predicted octanol–water partition coefficient (Wildman–Crippen LogP) is 2.17. The molecule has 3 nitrogen and oxygen atoms in total. The molecule has 0 fully saturated rings. The van der Waals surface area contributed by atoms with Crippen LogP contribution in [0, 0.1) is 0 Å². The van der Waals surface area contributed by atoms with E-state index in [1.807, 2.05) is 13.0 Å². The van der Waals surface area contributed by atoms with Crippen molar-refractivity contribution in [1.82, 2.24) is 0 Å². The molecule has 15 heavy (non-hydrogen) atoms. The van der Waals surface area contributed by atoms with Gasteiger partial charge in [-0.05, 0) is 24.5 Å². The molecular formula is C12H17NO2. The smallest absolute Gasteiger partial charge is 0.336 e. The van der Waals surface area contributed by atoms with Gasteiger partial charge in [0.2, 0.25) is 0 Å². The minimum Gasteiger partial charge on any atom is -0.426 e. The summed E-state index contributed by atoms with van der Waals surface area (Å²) >= 11 is 0. The maximum absolute atomic E-state index is 11.2. The monoisotopic (exact) mass is 207 g/mol. The zero-order valence-corrected chi connectivity index (χ0v) is 9.03. The van der Waals surface area contributed by atoms with Gasteiger partial charge in [0.15, 0.2) is 0 Å². The highest BCUT2D eigenvalue weighted by Crippen LogP contribution is 2.15. The van der Waals surface area contributed by atoms with Gasteiger partial charge in [0.25, 0.3) is 0 Å². The Morgan fingerprint density at radius 2 is 2.33 bits per heavy atom. The third kappa shape index (κ3) is 3.36. The molecule has 0 aliphatic rings. The lowest BCUT2D eigenvalue weighted by Crippen LogP contribution is -2.13. The van der Waals surface area contributed by atoms with Crippen molar-refractivity contribution in [3.63, 3.8) is 0 Å². The van der Waals surface area contributed by atoms with E-state index in [1.54, 1.807) is 6.08 Å². The van der Waals surface area contributed by atoms with E-state index >= 15 is 0 Å². The lowest BCUT2D eigenvalue weighted by atomic mass is 10.1. The largest absolute Gasteiger partial charge is 0.426 e. The van der Waals surface area contributed by atoms with E-state index in [0.29, 0.717) is 12.2 Å². The van der Waals surface area contributed by atoms with Crippen LogP contribution >= 0.6 is 0 Å². The Bertz CT molecular complexity index is 381. The number of nitrogens with two attached hydrogens (primary N) is 1. The molecule has 2 N–H and O–H groups in total. The van der Waals surface area contributed by atoms with Crippen LogP contribution in [-0.4, -0.2) is 0 Å². The van der Waals surface area contributed by atoms with Gasteiger partial charge in [-0.15, -0.1) is 6.58 Å². The van der Waals surface area contributed by atoms with E-state index in [2.05, 4.69) is 6.58 Å². The van der Waals surface area contributed by atoms with E-state index in [-0.39, 0.29) is 11.7 Å². The first kappa shape index (κ1) is 11.7. The Labute approximate surface area is 89.6 Å². The third-order valence-electron chi connectivity index (χ3n) is 2.19. The first-order chi connectivity index (χ1) is 7.17. The van der Waals surface area contributed by atoms with Crippen molar-refractivity contribution in [2.75, 3.05) is 0 Å². The van der Waals surface area contributed by atoms with Crippen LogP contribution in [0.4, 0.5) is 0 Å². The Hall–Kier alpha value is -1.35. The minimum absolute atomic E-state index is 0.188. The maximum Gasteiger partial charge on any atom is 0.336 e. The normalized spacial score (nSPS) is 12.4. The first-order valence-corrected chi connectivity index (χ1v) is 5.17. The van der Waals surface area contributed by atoms with Crippen molar-refractivity contribution < 1.29 is 4.42 Å². The molecule has 0 saturated heterocycles. The summed E-state index contributed by atoms with van der Waals surface area (Å²) in [5, 5.41) is 0. The van der Waals surface area contributed by atoms with Gasteiger partial charge < -0.3 is 10.2 Å². The second kappa shape index (κ2) is 5.51. The van der Waals surface area contributed by atoms with Crippen molar-refractivity contribution in [2.24, 2.45) is 5.73 Å². The number of hydrogen-bond donors (Lipinski definition) is 1. The average Bonchev–Trinajstić information content (AvgIpc) is 2.17. The molecule has 0 bridgehead atoms. The van der Waals surface area contributed by atoms with E-state index in [1.165, 1.54) is 6.07 Å². The molecule has 0 aliphatic carbocycles. The van der Waals surface area contributed by atoms with Gasteiger partial charge in [-0.3, -0.25) is 0 Å². The standard InChI is InChI=1S/C12H17NO2/c1-3-5-9-7-11(10(13)6-4-2)15-12(14)8-9/h3,7-8,10H,1,4-6,13H2,2H3. The molecule has 1 rings (SSSR count). The summed E-state index contributed by atoms with van der Waals surface area (Å²) in [7, 11) is 0. The van der Waals surface area contributed by atoms with Crippen LogP contribution in [0.5, 0.6) is 0 Å². The molecule has 0 radical (unpaired) electrons. The summed E-state index contributed by atoms with van der Waals surface area (Å²) < 4.78 is 5.06. The van der Waals surface area contributed by atoms with Gasteiger partial charge in [0.05, 0.1) is 6.04 Å². The van der Waals surface area contributed by atoms with Crippen LogP contribution in [0.2, 0.25) is 0 Å². The van der Waals surface area contributed by atoms with E-state index in [4.69, 9.17) is 10.2 Å². The zero-order valence-electron chi connectivity index (χ0n) is 9.03. The van der Waals surface area contributed by atoms with Crippen molar-refractivity contribution in [1.29, 1.82) is 0 Å². The molecule has 82 valence electrons. The Balaban J connectivity index is 2.97. The molecule has 0 saturated carbocycles. The quantitative estimate of drug-likeness (QED) is 0.753. The van der Waals surface area contributed by atoms with Gasteiger partial charge in [0.1, 0.15) is 5.76 Å². The van der Waals surface area contributed by atoms with E-state index < -0.39 is 0 Å². The number of allylic oxidation sites excluding steroid dienone is 1. The maximum atomic E-state index is 11.2. The molecule has 0 amide bonds. The third-order valence-corrected chi connectivity index (χ3v) is 2.19. The molecule has 0 aromatic carbocycles. The fourth-order valence-electron chi connectivity index (χ4n) is 1.47. The average molecular weight is 207 g/mol. The summed E-state index contributed by atoms with van der Waals surface area (Å²) in [4.78, 5) is 11.2. The Kier molecular flexibility index (Phi) is 4.31. The summed E-state index contributed by atoms with van der Waals surface area (Å²) in [6, 6.07) is 3.13. The van der Waals surface area contributed by atoms with Crippen molar-refractivity contribution in [3.8, 4) is 0 Å². The highest BCUT2D eigenvalue weighted by Gasteiger charge is 2.09. The second-order valence-corrected chi connectivity index (χ2v) is 3.58. The Morgan fingerprint density at radius 3 is 2.93 bits per heavy atom. The summed E-state index contributed by atoms with van der Waals surface area (Å²) in [5.41, 5.74) is 6.45. The molecule has 1 heterocycles. The van der Waals surface area contributed by atoms with Crippen LogP contribution < -0.4 is 11.4 Å². The van der Waals surface area contributed by atoms with Crippen LogP contribution in [0.25, 0.3) is 0 Å². The molecule has 0 aliphatic heterocycles. The molecule has 1 unspecified atom stereocenters. The van der Waals surface area contributed by atoms with Crippen LogP contribution in [0.15, 0.2) is 34.0 Å². The topological polar surface area (TPSA) is 56.2 Å². The van der Waals surface area contributed by atoms with Crippen LogP contribution in [0.1, 0.15) is 37.1 Å². The van der Waals surface area contributed by atoms with Crippen LogP contribution in [-0.2, 0) is 6.42 Å². The molecule has 0 spiro atoms. The van der Waals surface area contributed by atoms with Gasteiger partial charge >= 0.3 is 5.63 Å². The molecule has 1 aromatic rings. The van der Waals surface area contributed by atoms with Crippen molar-refractivity contribution >= 4 is 0 Å². The van der Waals surface area contributed by atoms with E-state index in [0.717, 1.165) is 18.4 Å². The summed E-state index contributed by atoms with van der Waals surface area (Å²) in [5.74, 6) is 0.571.